The van der Waals surface area contributed by atoms with Gasteiger partial charge in [-0.3, -0.25) is 4.79 Å². The highest BCUT2D eigenvalue weighted by Crippen LogP contribution is 2.14. The fourth-order valence-electron chi connectivity index (χ4n) is 1.19. The second kappa shape index (κ2) is 6.18. The molecule has 0 saturated heterocycles. The molecule has 1 rings (SSSR count). The third-order valence-corrected chi connectivity index (χ3v) is 2.34. The minimum atomic E-state index is -2.04. The summed E-state index contributed by atoms with van der Waals surface area (Å²) in [6.07, 6.45) is 1.24. The van der Waals surface area contributed by atoms with Crippen molar-refractivity contribution in [3.8, 4) is 5.75 Å². The summed E-state index contributed by atoms with van der Waals surface area (Å²) in [5.74, 6) is -2.08. The highest BCUT2D eigenvalue weighted by atomic mass is 16.6. The highest BCUT2D eigenvalue weighted by molar-refractivity contribution is 5.91. The lowest BCUT2D eigenvalue weighted by molar-refractivity contribution is -0.177. The van der Waals surface area contributed by atoms with Crippen molar-refractivity contribution in [2.24, 2.45) is 5.73 Å². The van der Waals surface area contributed by atoms with Gasteiger partial charge in [0.25, 0.3) is 0 Å². The molecule has 1 amide bonds. The fourth-order valence-corrected chi connectivity index (χ4v) is 1.19. The molecule has 0 unspecified atom stereocenters. The Morgan fingerprint density at radius 3 is 2.56 bits per heavy atom. The molecule has 5 nitrogen and oxygen atoms in total. The Morgan fingerprint density at radius 2 is 2.00 bits per heavy atom. The van der Waals surface area contributed by atoms with Gasteiger partial charge >= 0.3 is 0 Å². The lowest BCUT2D eigenvalue weighted by atomic mass is 10.1. The Hall–Kier alpha value is -1.85. The van der Waals surface area contributed by atoms with Crippen LogP contribution < -0.4 is 10.5 Å². The van der Waals surface area contributed by atoms with E-state index in [-0.39, 0.29) is 18.6 Å². The number of amides is 1. The summed E-state index contributed by atoms with van der Waals surface area (Å²) in [5.41, 5.74) is 5.31. The molecule has 0 heterocycles. The van der Waals surface area contributed by atoms with Crippen LogP contribution in [0.2, 0.25) is 0 Å². The molecule has 1 aromatic carbocycles. The zero-order valence-corrected chi connectivity index (χ0v) is 10.2. The number of hydrogen-bond donors (Lipinski definition) is 3. The van der Waals surface area contributed by atoms with Crippen LogP contribution in [-0.2, 0) is 4.79 Å². The van der Waals surface area contributed by atoms with Crippen molar-refractivity contribution in [2.75, 3.05) is 6.61 Å². The van der Waals surface area contributed by atoms with Crippen molar-refractivity contribution < 1.29 is 19.7 Å². The Balaban J connectivity index is 2.50. The zero-order valence-electron chi connectivity index (χ0n) is 10.2. The summed E-state index contributed by atoms with van der Waals surface area (Å²) in [7, 11) is 0. The maximum atomic E-state index is 10.8. The Kier molecular flexibility index (Phi) is 4.88. The van der Waals surface area contributed by atoms with E-state index >= 15 is 0 Å². The standard InChI is InChI=1S/C13H17NO4/c1-10(12(14)15)7-8-13(16,17)9-18-11-5-3-2-4-6-11/h2-7,16-17H,8-9H2,1H3,(H2,14,15)/b10-7+. The van der Waals surface area contributed by atoms with Crippen LogP contribution in [0.1, 0.15) is 13.3 Å². The molecule has 0 spiro atoms. The van der Waals surface area contributed by atoms with Crippen LogP contribution in [-0.4, -0.2) is 28.5 Å². The van der Waals surface area contributed by atoms with Crippen LogP contribution in [0, 0.1) is 0 Å². The third-order valence-electron chi connectivity index (χ3n) is 2.34. The quantitative estimate of drug-likeness (QED) is 0.509. The molecule has 4 N–H and O–H groups in total. The van der Waals surface area contributed by atoms with Crippen LogP contribution in [0.5, 0.6) is 5.75 Å². The van der Waals surface area contributed by atoms with E-state index in [1.165, 1.54) is 13.0 Å². The van der Waals surface area contributed by atoms with E-state index in [0.717, 1.165) is 0 Å². The number of hydrogen-bond acceptors (Lipinski definition) is 4. The minimum absolute atomic E-state index is 0.130. The predicted octanol–water partition coefficient (Wildman–Crippen LogP) is 0.568. The van der Waals surface area contributed by atoms with E-state index in [9.17, 15) is 15.0 Å². The van der Waals surface area contributed by atoms with Gasteiger partial charge in [0.2, 0.25) is 11.7 Å². The molecule has 18 heavy (non-hydrogen) atoms. The predicted molar refractivity (Wildman–Crippen MR) is 66.7 cm³/mol. The first-order chi connectivity index (χ1) is 8.41. The number of rotatable bonds is 6. The minimum Gasteiger partial charge on any atom is -0.488 e. The smallest absolute Gasteiger partial charge is 0.244 e. The Bertz CT molecular complexity index is 426. The van der Waals surface area contributed by atoms with E-state index in [4.69, 9.17) is 10.5 Å². The van der Waals surface area contributed by atoms with Gasteiger partial charge < -0.3 is 20.7 Å². The largest absolute Gasteiger partial charge is 0.488 e. The number of benzene rings is 1. The number of carbonyl (C=O) groups excluding carboxylic acids is 1. The Labute approximate surface area is 105 Å². The van der Waals surface area contributed by atoms with Crippen molar-refractivity contribution in [1.29, 1.82) is 0 Å². The van der Waals surface area contributed by atoms with Crippen LogP contribution in [0.25, 0.3) is 0 Å². The normalized spacial score (nSPS) is 12.3. The molecule has 0 bridgehead atoms. The molecule has 0 saturated carbocycles. The number of primary amides is 1. The number of nitrogens with two attached hydrogens (primary N) is 1. The fraction of sp³-hybridized carbons (Fsp3) is 0.308. The summed E-state index contributed by atoms with van der Waals surface area (Å²) in [6, 6.07) is 8.81. The van der Waals surface area contributed by atoms with Gasteiger partial charge in [-0.05, 0) is 19.1 Å². The first-order valence-electron chi connectivity index (χ1n) is 5.50. The van der Waals surface area contributed by atoms with Gasteiger partial charge in [-0.1, -0.05) is 24.3 Å². The molecular weight excluding hydrogens is 234 g/mol. The SMILES string of the molecule is C/C(=C\CC(O)(O)COc1ccccc1)C(N)=O. The first-order valence-corrected chi connectivity index (χ1v) is 5.50. The summed E-state index contributed by atoms with van der Waals surface area (Å²) in [5, 5.41) is 19.3. The maximum Gasteiger partial charge on any atom is 0.244 e. The van der Waals surface area contributed by atoms with Crippen LogP contribution >= 0.6 is 0 Å². The van der Waals surface area contributed by atoms with Gasteiger partial charge in [0.05, 0.1) is 0 Å². The van der Waals surface area contributed by atoms with Crippen LogP contribution in [0.3, 0.4) is 0 Å². The molecule has 0 aliphatic rings. The number of carbonyl (C=O) groups is 1. The summed E-state index contributed by atoms with van der Waals surface area (Å²) in [6.45, 7) is 1.22. The molecule has 5 heteroatoms. The molecule has 0 aromatic heterocycles. The summed E-state index contributed by atoms with van der Waals surface area (Å²) >= 11 is 0. The van der Waals surface area contributed by atoms with Gasteiger partial charge in [-0.2, -0.15) is 0 Å². The van der Waals surface area contributed by atoms with Gasteiger partial charge in [-0.15, -0.1) is 0 Å². The molecular formula is C13H17NO4. The van der Waals surface area contributed by atoms with E-state index in [1.807, 2.05) is 6.07 Å². The number of para-hydroxylation sites is 1. The van der Waals surface area contributed by atoms with E-state index < -0.39 is 11.7 Å². The van der Waals surface area contributed by atoms with Gasteiger partial charge in [0.1, 0.15) is 12.4 Å². The van der Waals surface area contributed by atoms with Gasteiger partial charge in [0.15, 0.2) is 0 Å². The zero-order chi connectivity index (χ0) is 13.6. The average Bonchev–Trinajstić information content (AvgIpc) is 2.35. The molecule has 1 aromatic rings. The second-order valence-electron chi connectivity index (χ2n) is 4.04. The maximum absolute atomic E-state index is 10.8. The van der Waals surface area contributed by atoms with Crippen LogP contribution in [0.15, 0.2) is 42.0 Å². The van der Waals surface area contributed by atoms with Crippen molar-refractivity contribution in [1.82, 2.24) is 0 Å². The molecule has 0 aliphatic heterocycles. The van der Waals surface area contributed by atoms with Crippen molar-refractivity contribution >= 4 is 5.91 Å². The topological polar surface area (TPSA) is 92.8 Å². The second-order valence-corrected chi connectivity index (χ2v) is 4.04. The number of ether oxygens (including phenoxy) is 1. The molecule has 0 atom stereocenters. The third kappa shape index (κ3) is 4.99. The lowest BCUT2D eigenvalue weighted by Crippen LogP contribution is -2.35. The molecule has 0 radical (unpaired) electrons. The summed E-state index contributed by atoms with van der Waals surface area (Å²) < 4.78 is 5.22. The van der Waals surface area contributed by atoms with E-state index in [0.29, 0.717) is 5.75 Å². The van der Waals surface area contributed by atoms with Crippen molar-refractivity contribution in [3.05, 3.63) is 42.0 Å². The van der Waals surface area contributed by atoms with Crippen molar-refractivity contribution in [3.63, 3.8) is 0 Å². The Morgan fingerprint density at radius 1 is 1.39 bits per heavy atom. The monoisotopic (exact) mass is 251 g/mol. The summed E-state index contributed by atoms with van der Waals surface area (Å²) in [4.78, 5) is 10.8. The van der Waals surface area contributed by atoms with E-state index in [2.05, 4.69) is 0 Å². The van der Waals surface area contributed by atoms with Gasteiger partial charge in [-0.25, -0.2) is 0 Å². The first kappa shape index (κ1) is 14.2. The van der Waals surface area contributed by atoms with E-state index in [1.54, 1.807) is 24.3 Å². The van der Waals surface area contributed by atoms with Gasteiger partial charge in [0, 0.05) is 12.0 Å². The molecule has 0 fully saturated rings. The lowest BCUT2D eigenvalue weighted by Gasteiger charge is -2.20. The van der Waals surface area contributed by atoms with Crippen molar-refractivity contribution in [2.45, 2.75) is 19.1 Å². The molecule has 98 valence electrons. The number of aliphatic hydroxyl groups is 2. The van der Waals surface area contributed by atoms with Crippen LogP contribution in [0.4, 0.5) is 0 Å². The average molecular weight is 251 g/mol. The molecule has 0 aliphatic carbocycles. The highest BCUT2D eigenvalue weighted by Gasteiger charge is 2.23.